The molecule has 1 aromatic heterocycles. The van der Waals surface area contributed by atoms with Crippen LogP contribution in [0.15, 0.2) is 16.5 Å². The van der Waals surface area contributed by atoms with Crippen molar-refractivity contribution in [1.29, 1.82) is 0 Å². The summed E-state index contributed by atoms with van der Waals surface area (Å²) in [4.78, 5) is 17.2. The summed E-state index contributed by atoms with van der Waals surface area (Å²) < 4.78 is 5.89. The molecule has 2 aliphatic rings. The molecule has 23 heavy (non-hydrogen) atoms. The molecular weight excluding hydrogens is 288 g/mol. The number of carbonyl (C=O) groups excluding carboxylic acids is 1. The highest BCUT2D eigenvalue weighted by atomic mass is 16.3. The molecular formula is C19H30N2O2. The lowest BCUT2D eigenvalue weighted by Gasteiger charge is -2.34. The van der Waals surface area contributed by atoms with Crippen LogP contribution in [0.5, 0.6) is 0 Å². The van der Waals surface area contributed by atoms with E-state index in [1.165, 1.54) is 25.7 Å². The summed E-state index contributed by atoms with van der Waals surface area (Å²) in [5, 5.41) is 0. The fourth-order valence-electron chi connectivity index (χ4n) is 4.00. The molecule has 3 heterocycles. The van der Waals surface area contributed by atoms with Crippen molar-refractivity contribution >= 4 is 5.91 Å². The maximum absolute atomic E-state index is 12.8. The summed E-state index contributed by atoms with van der Waals surface area (Å²) in [5.41, 5.74) is 0. The number of nitrogens with zero attached hydrogens (tertiary/aromatic N) is 2. The molecule has 2 aliphatic heterocycles. The van der Waals surface area contributed by atoms with E-state index in [2.05, 4.69) is 22.8 Å². The van der Waals surface area contributed by atoms with Gasteiger partial charge >= 0.3 is 0 Å². The lowest BCUT2D eigenvalue weighted by Crippen LogP contribution is -2.45. The molecule has 1 aromatic rings. The Bertz CT molecular complexity index is 525. The first-order valence-corrected chi connectivity index (χ1v) is 9.21. The highest BCUT2D eigenvalue weighted by Crippen LogP contribution is 2.31. The Morgan fingerprint density at radius 3 is 2.78 bits per heavy atom. The summed E-state index contributed by atoms with van der Waals surface area (Å²) in [6.07, 6.45) is 7.14. The van der Waals surface area contributed by atoms with Crippen molar-refractivity contribution in [1.82, 2.24) is 9.80 Å². The first-order chi connectivity index (χ1) is 11.1. The lowest BCUT2D eigenvalue weighted by molar-refractivity contribution is -0.134. The van der Waals surface area contributed by atoms with Gasteiger partial charge in [-0.25, -0.2) is 0 Å². The minimum atomic E-state index is 0.261. The van der Waals surface area contributed by atoms with Crippen LogP contribution in [-0.2, 0) is 4.79 Å². The number of hydrogen-bond donors (Lipinski definition) is 0. The molecule has 0 aromatic carbocycles. The van der Waals surface area contributed by atoms with E-state index in [0.29, 0.717) is 18.4 Å². The van der Waals surface area contributed by atoms with E-state index in [9.17, 15) is 4.79 Å². The van der Waals surface area contributed by atoms with Crippen LogP contribution in [0.1, 0.15) is 63.0 Å². The third-order valence-corrected chi connectivity index (χ3v) is 5.30. The van der Waals surface area contributed by atoms with Gasteiger partial charge < -0.3 is 9.32 Å². The predicted molar refractivity (Wildman–Crippen MR) is 91.2 cm³/mol. The molecule has 4 nitrogen and oxygen atoms in total. The molecule has 0 spiro atoms. The Morgan fingerprint density at radius 1 is 1.17 bits per heavy atom. The highest BCUT2D eigenvalue weighted by Gasteiger charge is 2.29. The molecule has 0 saturated carbocycles. The molecule has 0 N–H and O–H groups in total. The van der Waals surface area contributed by atoms with Crippen LogP contribution in [0.2, 0.25) is 0 Å². The second-order valence-electron chi connectivity index (χ2n) is 7.37. The monoisotopic (exact) mass is 318 g/mol. The molecule has 0 aliphatic carbocycles. The number of carbonyl (C=O) groups is 1. The Morgan fingerprint density at radius 2 is 2.04 bits per heavy atom. The van der Waals surface area contributed by atoms with Crippen LogP contribution < -0.4 is 0 Å². The van der Waals surface area contributed by atoms with Gasteiger partial charge in [-0.3, -0.25) is 9.69 Å². The zero-order chi connectivity index (χ0) is 16.2. The average molecular weight is 318 g/mol. The number of furan rings is 1. The van der Waals surface area contributed by atoms with E-state index in [0.717, 1.165) is 44.0 Å². The predicted octanol–water partition coefficient (Wildman–Crippen LogP) is 3.76. The van der Waals surface area contributed by atoms with Gasteiger partial charge in [0.05, 0.1) is 12.6 Å². The lowest BCUT2D eigenvalue weighted by atomic mass is 10.0. The third kappa shape index (κ3) is 4.17. The van der Waals surface area contributed by atoms with Crippen LogP contribution >= 0.6 is 0 Å². The van der Waals surface area contributed by atoms with Crippen LogP contribution in [0.4, 0.5) is 0 Å². The minimum Gasteiger partial charge on any atom is -0.465 e. The quantitative estimate of drug-likeness (QED) is 0.851. The van der Waals surface area contributed by atoms with Gasteiger partial charge in [-0.15, -0.1) is 0 Å². The van der Waals surface area contributed by atoms with E-state index in [1.807, 2.05) is 13.0 Å². The largest absolute Gasteiger partial charge is 0.465 e. The summed E-state index contributed by atoms with van der Waals surface area (Å²) in [6, 6.07) is 4.38. The van der Waals surface area contributed by atoms with Crippen molar-refractivity contribution in [3.8, 4) is 0 Å². The Hall–Kier alpha value is -1.29. The Balaban J connectivity index is 1.68. The minimum absolute atomic E-state index is 0.261. The molecule has 4 heteroatoms. The molecule has 2 fully saturated rings. The normalized spacial score (nSPS) is 27.0. The van der Waals surface area contributed by atoms with E-state index in [4.69, 9.17) is 4.42 Å². The van der Waals surface area contributed by atoms with Crippen molar-refractivity contribution in [2.45, 2.75) is 58.4 Å². The molecule has 128 valence electrons. The number of likely N-dealkylation sites (tertiary alicyclic amines) is 2. The molecule has 2 atom stereocenters. The number of piperidine rings is 1. The van der Waals surface area contributed by atoms with E-state index in [-0.39, 0.29) is 6.04 Å². The second kappa shape index (κ2) is 7.52. The van der Waals surface area contributed by atoms with Crippen molar-refractivity contribution in [3.63, 3.8) is 0 Å². The zero-order valence-corrected chi connectivity index (χ0v) is 14.6. The first-order valence-electron chi connectivity index (χ1n) is 9.21. The maximum atomic E-state index is 12.8. The summed E-state index contributed by atoms with van der Waals surface area (Å²) in [6.45, 7) is 7.64. The summed E-state index contributed by atoms with van der Waals surface area (Å²) in [5.74, 6) is 2.93. The van der Waals surface area contributed by atoms with Crippen molar-refractivity contribution < 1.29 is 9.21 Å². The van der Waals surface area contributed by atoms with E-state index in [1.54, 1.807) is 0 Å². The van der Waals surface area contributed by atoms with Crippen molar-refractivity contribution in [2.75, 3.05) is 26.2 Å². The zero-order valence-electron chi connectivity index (χ0n) is 14.6. The Labute approximate surface area is 139 Å². The number of hydrogen-bond acceptors (Lipinski definition) is 3. The molecule has 1 amide bonds. The molecule has 2 saturated heterocycles. The number of aryl methyl sites for hydroxylation is 1. The van der Waals surface area contributed by atoms with Crippen LogP contribution in [0.3, 0.4) is 0 Å². The SMILES string of the molecule is Cc1ccc([C@@H]2CCCCCN2CC(=O)N2CCC[C@@H](C)C2)o1. The smallest absolute Gasteiger partial charge is 0.236 e. The number of amides is 1. The topological polar surface area (TPSA) is 36.7 Å². The van der Waals surface area contributed by atoms with Gasteiger partial charge in [0.1, 0.15) is 11.5 Å². The molecule has 0 bridgehead atoms. The molecule has 3 rings (SSSR count). The molecule has 0 radical (unpaired) electrons. The number of rotatable bonds is 3. The van der Waals surface area contributed by atoms with Gasteiger partial charge in [0.15, 0.2) is 0 Å². The van der Waals surface area contributed by atoms with E-state index < -0.39 is 0 Å². The van der Waals surface area contributed by atoms with Gasteiger partial charge in [-0.1, -0.05) is 19.8 Å². The van der Waals surface area contributed by atoms with Crippen LogP contribution in [0, 0.1) is 12.8 Å². The molecule has 0 unspecified atom stereocenters. The van der Waals surface area contributed by atoms with Gasteiger partial charge in [0, 0.05) is 13.1 Å². The fraction of sp³-hybridized carbons (Fsp3) is 0.737. The van der Waals surface area contributed by atoms with Crippen LogP contribution in [-0.4, -0.2) is 41.9 Å². The second-order valence-corrected chi connectivity index (χ2v) is 7.37. The first kappa shape index (κ1) is 16.6. The summed E-state index contributed by atoms with van der Waals surface area (Å²) >= 11 is 0. The van der Waals surface area contributed by atoms with Crippen LogP contribution in [0.25, 0.3) is 0 Å². The summed E-state index contributed by atoms with van der Waals surface area (Å²) in [7, 11) is 0. The van der Waals surface area contributed by atoms with Gasteiger partial charge in [-0.2, -0.15) is 0 Å². The van der Waals surface area contributed by atoms with Gasteiger partial charge in [0.2, 0.25) is 5.91 Å². The van der Waals surface area contributed by atoms with Crippen molar-refractivity contribution in [2.24, 2.45) is 5.92 Å². The van der Waals surface area contributed by atoms with Gasteiger partial charge in [0.25, 0.3) is 0 Å². The standard InChI is InChI=1S/C19H30N2O2/c1-15-7-6-12-21(13-15)19(22)14-20-11-5-3-4-8-17(20)18-10-9-16(2)23-18/h9-10,15,17H,3-8,11-14H2,1-2H3/t15-,17+/m1/s1. The fourth-order valence-corrected chi connectivity index (χ4v) is 4.00. The Kier molecular flexibility index (Phi) is 5.42. The highest BCUT2D eigenvalue weighted by molar-refractivity contribution is 5.78. The van der Waals surface area contributed by atoms with Crippen molar-refractivity contribution in [3.05, 3.63) is 23.7 Å². The average Bonchev–Trinajstić information content (AvgIpc) is 2.82. The third-order valence-electron chi connectivity index (χ3n) is 5.30. The van der Waals surface area contributed by atoms with Gasteiger partial charge in [-0.05, 0) is 57.2 Å². The maximum Gasteiger partial charge on any atom is 0.236 e. The van der Waals surface area contributed by atoms with E-state index >= 15 is 0 Å².